The number of likely N-dealkylation sites (N-methyl/N-ethyl adjacent to an activating group) is 1. The Morgan fingerprint density at radius 3 is 2.48 bits per heavy atom. The predicted molar refractivity (Wildman–Crippen MR) is 84.2 cm³/mol. The number of carboxylic acid groups (broad SMARTS) is 1. The van der Waals surface area contributed by atoms with Crippen molar-refractivity contribution in [3.05, 3.63) is 36.0 Å². The zero-order chi connectivity index (χ0) is 14.8. The van der Waals surface area contributed by atoms with Gasteiger partial charge < -0.3 is 14.9 Å². The normalized spacial score (nSPS) is 16.1. The molecule has 1 saturated heterocycles. The highest BCUT2D eigenvalue weighted by molar-refractivity contribution is 7.18. The topological polar surface area (TPSA) is 56.7 Å². The fourth-order valence-corrected chi connectivity index (χ4v) is 3.29. The molecule has 1 aromatic carbocycles. The summed E-state index contributed by atoms with van der Waals surface area (Å²) < 4.78 is 0. The summed E-state index contributed by atoms with van der Waals surface area (Å²) in [5, 5.41) is 9.96. The summed E-state index contributed by atoms with van der Waals surface area (Å²) in [6, 6.07) is 6.94. The number of thiazole rings is 1. The molecule has 2 aromatic rings. The van der Waals surface area contributed by atoms with Crippen LogP contribution in [0.25, 0.3) is 10.4 Å². The fraction of sp³-hybridized carbons (Fsp3) is 0.333. The third-order valence-electron chi connectivity index (χ3n) is 3.68. The van der Waals surface area contributed by atoms with Crippen molar-refractivity contribution in [2.75, 3.05) is 38.1 Å². The van der Waals surface area contributed by atoms with E-state index in [1.165, 1.54) is 0 Å². The van der Waals surface area contributed by atoms with E-state index in [0.717, 1.165) is 41.8 Å². The number of nitrogens with zero attached hydrogens (tertiary/aromatic N) is 3. The highest BCUT2D eigenvalue weighted by Crippen LogP contribution is 2.31. The lowest BCUT2D eigenvalue weighted by atomic mass is 10.1. The Hall–Kier alpha value is -1.92. The van der Waals surface area contributed by atoms with Crippen LogP contribution in [0.1, 0.15) is 10.4 Å². The number of hydrogen-bond acceptors (Lipinski definition) is 5. The van der Waals surface area contributed by atoms with Crippen molar-refractivity contribution >= 4 is 22.4 Å². The van der Waals surface area contributed by atoms with Gasteiger partial charge in [-0.15, -0.1) is 0 Å². The van der Waals surface area contributed by atoms with Crippen LogP contribution in [-0.4, -0.2) is 54.2 Å². The molecule has 3 rings (SSSR count). The van der Waals surface area contributed by atoms with Gasteiger partial charge in [-0.2, -0.15) is 0 Å². The van der Waals surface area contributed by atoms with Crippen molar-refractivity contribution in [2.24, 2.45) is 0 Å². The Morgan fingerprint density at radius 1 is 1.19 bits per heavy atom. The molecular weight excluding hydrogens is 286 g/mol. The summed E-state index contributed by atoms with van der Waals surface area (Å²) in [6.07, 6.45) is 1.87. The van der Waals surface area contributed by atoms with E-state index < -0.39 is 5.97 Å². The number of benzene rings is 1. The SMILES string of the molecule is CN1CCN(c2ncc(-c3ccc(C(=O)O)cc3)s2)CC1. The Balaban J connectivity index is 1.76. The molecule has 0 aliphatic carbocycles. The molecule has 1 aliphatic heterocycles. The Morgan fingerprint density at radius 2 is 1.86 bits per heavy atom. The number of carbonyl (C=O) groups is 1. The number of hydrogen-bond donors (Lipinski definition) is 1. The Bertz CT molecular complexity index is 631. The monoisotopic (exact) mass is 303 g/mol. The third-order valence-corrected chi connectivity index (χ3v) is 4.79. The van der Waals surface area contributed by atoms with E-state index >= 15 is 0 Å². The van der Waals surface area contributed by atoms with Gasteiger partial charge in [-0.25, -0.2) is 9.78 Å². The second kappa shape index (κ2) is 5.83. The number of rotatable bonds is 3. The van der Waals surface area contributed by atoms with Crippen LogP contribution in [0.15, 0.2) is 30.5 Å². The maximum Gasteiger partial charge on any atom is 0.335 e. The first-order chi connectivity index (χ1) is 10.1. The lowest BCUT2D eigenvalue weighted by molar-refractivity contribution is 0.0697. The fourth-order valence-electron chi connectivity index (χ4n) is 2.32. The molecule has 2 heterocycles. The molecule has 0 amide bonds. The van der Waals surface area contributed by atoms with Gasteiger partial charge in [0.2, 0.25) is 0 Å². The van der Waals surface area contributed by atoms with Gasteiger partial charge in [-0.1, -0.05) is 23.5 Å². The van der Waals surface area contributed by atoms with Gasteiger partial charge >= 0.3 is 5.97 Å². The van der Waals surface area contributed by atoms with Crippen LogP contribution >= 0.6 is 11.3 Å². The number of piperazine rings is 1. The Labute approximate surface area is 127 Å². The van der Waals surface area contributed by atoms with E-state index in [2.05, 4.69) is 21.8 Å². The zero-order valence-electron chi connectivity index (χ0n) is 11.8. The van der Waals surface area contributed by atoms with E-state index in [-0.39, 0.29) is 0 Å². The third kappa shape index (κ3) is 3.06. The standard InChI is InChI=1S/C15H17N3O2S/c1-17-6-8-18(9-7-17)15-16-10-13(21-15)11-2-4-12(5-3-11)14(19)20/h2-5,10H,6-9H2,1H3,(H,19,20). The smallest absolute Gasteiger partial charge is 0.335 e. The van der Waals surface area contributed by atoms with Crippen molar-refractivity contribution in [2.45, 2.75) is 0 Å². The summed E-state index contributed by atoms with van der Waals surface area (Å²) >= 11 is 1.66. The van der Waals surface area contributed by atoms with Gasteiger partial charge in [0, 0.05) is 32.4 Å². The van der Waals surface area contributed by atoms with E-state index in [1.54, 1.807) is 23.5 Å². The van der Waals surface area contributed by atoms with Crippen LogP contribution in [-0.2, 0) is 0 Å². The van der Waals surface area contributed by atoms with Gasteiger partial charge in [-0.05, 0) is 24.7 Å². The van der Waals surface area contributed by atoms with Crippen molar-refractivity contribution in [1.82, 2.24) is 9.88 Å². The minimum Gasteiger partial charge on any atom is -0.478 e. The first-order valence-corrected chi connectivity index (χ1v) is 7.68. The molecule has 0 unspecified atom stereocenters. The first-order valence-electron chi connectivity index (χ1n) is 6.86. The summed E-state index contributed by atoms with van der Waals surface area (Å²) in [6.45, 7) is 4.12. The van der Waals surface area contributed by atoms with Crippen LogP contribution in [0.4, 0.5) is 5.13 Å². The van der Waals surface area contributed by atoms with Gasteiger partial charge in [0.05, 0.1) is 10.4 Å². The first kappa shape index (κ1) is 14.0. The van der Waals surface area contributed by atoms with Crippen LogP contribution in [0.2, 0.25) is 0 Å². The van der Waals surface area contributed by atoms with Crippen LogP contribution in [0.3, 0.4) is 0 Å². The molecular formula is C15H17N3O2S. The van der Waals surface area contributed by atoms with E-state index in [1.807, 2.05) is 18.3 Å². The molecule has 0 spiro atoms. The molecule has 110 valence electrons. The van der Waals surface area contributed by atoms with Gasteiger partial charge in [-0.3, -0.25) is 0 Å². The van der Waals surface area contributed by atoms with E-state index in [4.69, 9.17) is 5.11 Å². The second-order valence-electron chi connectivity index (χ2n) is 5.18. The van der Waals surface area contributed by atoms with Crippen molar-refractivity contribution in [3.63, 3.8) is 0 Å². The van der Waals surface area contributed by atoms with Crippen molar-refractivity contribution in [1.29, 1.82) is 0 Å². The largest absolute Gasteiger partial charge is 0.478 e. The highest BCUT2D eigenvalue weighted by Gasteiger charge is 2.17. The van der Waals surface area contributed by atoms with Gasteiger partial charge in [0.15, 0.2) is 5.13 Å². The molecule has 5 nitrogen and oxygen atoms in total. The number of carboxylic acids is 1. The quantitative estimate of drug-likeness (QED) is 0.942. The number of aromatic carboxylic acids is 1. The minimum absolute atomic E-state index is 0.308. The molecule has 21 heavy (non-hydrogen) atoms. The molecule has 1 fully saturated rings. The molecule has 0 atom stereocenters. The second-order valence-corrected chi connectivity index (χ2v) is 6.19. The van der Waals surface area contributed by atoms with Crippen molar-refractivity contribution < 1.29 is 9.90 Å². The number of anilines is 1. The highest BCUT2D eigenvalue weighted by atomic mass is 32.1. The predicted octanol–water partition coefficient (Wildman–Crippen LogP) is 2.26. The maximum atomic E-state index is 10.9. The molecule has 1 N–H and O–H groups in total. The summed E-state index contributed by atoms with van der Waals surface area (Å²) in [5.41, 5.74) is 1.32. The lowest BCUT2D eigenvalue weighted by Crippen LogP contribution is -2.44. The molecule has 6 heteroatoms. The van der Waals surface area contributed by atoms with Crippen LogP contribution < -0.4 is 4.90 Å². The molecule has 0 bridgehead atoms. The van der Waals surface area contributed by atoms with Crippen LogP contribution in [0, 0.1) is 0 Å². The van der Waals surface area contributed by atoms with Gasteiger partial charge in [0.25, 0.3) is 0 Å². The maximum absolute atomic E-state index is 10.9. The lowest BCUT2D eigenvalue weighted by Gasteiger charge is -2.32. The van der Waals surface area contributed by atoms with E-state index in [0.29, 0.717) is 5.56 Å². The molecule has 1 aliphatic rings. The Kier molecular flexibility index (Phi) is 3.90. The molecule has 1 aromatic heterocycles. The summed E-state index contributed by atoms with van der Waals surface area (Å²) in [4.78, 5) is 21.1. The summed E-state index contributed by atoms with van der Waals surface area (Å²) in [7, 11) is 2.13. The van der Waals surface area contributed by atoms with E-state index in [9.17, 15) is 4.79 Å². The average Bonchev–Trinajstić information content (AvgIpc) is 2.98. The molecule has 0 radical (unpaired) electrons. The average molecular weight is 303 g/mol. The van der Waals surface area contributed by atoms with Gasteiger partial charge in [0.1, 0.15) is 0 Å². The van der Waals surface area contributed by atoms with Crippen molar-refractivity contribution in [3.8, 4) is 10.4 Å². The summed E-state index contributed by atoms with van der Waals surface area (Å²) in [5.74, 6) is -0.899. The number of aromatic nitrogens is 1. The van der Waals surface area contributed by atoms with Crippen LogP contribution in [0.5, 0.6) is 0 Å². The zero-order valence-corrected chi connectivity index (χ0v) is 12.6. The minimum atomic E-state index is -0.899. The molecule has 0 saturated carbocycles.